The minimum absolute atomic E-state index is 0.457. The van der Waals surface area contributed by atoms with E-state index in [1.807, 2.05) is 69.3 Å². The van der Waals surface area contributed by atoms with E-state index in [9.17, 15) is 0 Å². The number of aliphatic imine (C=N–C) groups is 1. The molecule has 0 fully saturated rings. The summed E-state index contributed by atoms with van der Waals surface area (Å²) in [5.41, 5.74) is 3.92. The van der Waals surface area contributed by atoms with Gasteiger partial charge in [-0.25, -0.2) is 4.99 Å². The molecule has 3 aromatic rings. The van der Waals surface area contributed by atoms with Crippen molar-refractivity contribution < 1.29 is 9.47 Å². The van der Waals surface area contributed by atoms with E-state index in [0.717, 1.165) is 17.0 Å². The second-order valence-electron chi connectivity index (χ2n) is 6.54. The van der Waals surface area contributed by atoms with Gasteiger partial charge in [-0.15, -0.1) is 0 Å². The fraction of sp³-hybridized carbons (Fsp3) is 0.125. The van der Waals surface area contributed by atoms with Crippen LogP contribution in [0.4, 0.5) is 5.69 Å². The zero-order chi connectivity index (χ0) is 19.9. The fourth-order valence-corrected chi connectivity index (χ4v) is 2.49. The van der Waals surface area contributed by atoms with Crippen LogP contribution in [0.5, 0.6) is 11.5 Å². The molecule has 4 heteroatoms. The van der Waals surface area contributed by atoms with Crippen LogP contribution >= 0.6 is 11.6 Å². The van der Waals surface area contributed by atoms with Crippen LogP contribution in [0.2, 0.25) is 5.02 Å². The van der Waals surface area contributed by atoms with Gasteiger partial charge in [0.15, 0.2) is 0 Å². The number of hydrogen-bond acceptors (Lipinski definition) is 3. The molecule has 0 saturated heterocycles. The van der Waals surface area contributed by atoms with Gasteiger partial charge in [0.2, 0.25) is 5.90 Å². The van der Waals surface area contributed by atoms with Crippen molar-refractivity contribution in [3.63, 3.8) is 0 Å². The van der Waals surface area contributed by atoms with Crippen LogP contribution in [-0.4, -0.2) is 5.90 Å². The Morgan fingerprint density at radius 3 is 1.93 bits per heavy atom. The van der Waals surface area contributed by atoms with E-state index in [-0.39, 0.29) is 0 Å². The molecular formula is C24H22ClNO2. The van der Waals surface area contributed by atoms with Crippen molar-refractivity contribution in [2.45, 2.75) is 20.8 Å². The molecule has 142 valence electrons. The molecule has 0 aliphatic heterocycles. The van der Waals surface area contributed by atoms with Gasteiger partial charge in [0.1, 0.15) is 11.5 Å². The number of ether oxygens (including phenoxy) is 2. The quantitative estimate of drug-likeness (QED) is 0.265. The third-order valence-corrected chi connectivity index (χ3v) is 4.27. The lowest BCUT2D eigenvalue weighted by molar-refractivity contribution is 0.473. The number of benzene rings is 3. The van der Waals surface area contributed by atoms with Gasteiger partial charge in [0.05, 0.1) is 11.9 Å². The average Bonchev–Trinajstić information content (AvgIpc) is 2.70. The summed E-state index contributed by atoms with van der Waals surface area (Å²) < 4.78 is 11.8. The molecule has 0 radical (unpaired) electrons. The summed E-state index contributed by atoms with van der Waals surface area (Å²) in [7, 11) is 0. The molecule has 0 heterocycles. The van der Waals surface area contributed by atoms with E-state index < -0.39 is 0 Å². The van der Waals surface area contributed by atoms with Crippen molar-refractivity contribution in [2.75, 3.05) is 0 Å². The van der Waals surface area contributed by atoms with Crippen LogP contribution in [0.3, 0.4) is 0 Å². The zero-order valence-electron chi connectivity index (χ0n) is 16.1. The van der Waals surface area contributed by atoms with Crippen LogP contribution in [0.15, 0.2) is 89.6 Å². The Morgan fingerprint density at radius 1 is 0.786 bits per heavy atom. The van der Waals surface area contributed by atoms with E-state index in [1.165, 1.54) is 11.1 Å². The minimum Gasteiger partial charge on any atom is -0.465 e. The Hall–Kier alpha value is -3.04. The first kappa shape index (κ1) is 19.7. The summed E-state index contributed by atoms with van der Waals surface area (Å²) in [6, 6.07) is 23.0. The summed E-state index contributed by atoms with van der Waals surface area (Å²) in [5, 5.41) is 0.652. The maximum Gasteiger partial charge on any atom is 0.225 e. The molecule has 3 nitrogen and oxygen atoms in total. The highest BCUT2D eigenvalue weighted by molar-refractivity contribution is 6.30. The summed E-state index contributed by atoms with van der Waals surface area (Å²) in [5.74, 6) is 1.86. The molecule has 0 saturated carbocycles. The molecule has 3 aromatic carbocycles. The van der Waals surface area contributed by atoms with Gasteiger partial charge in [0, 0.05) is 10.6 Å². The van der Waals surface area contributed by atoms with Gasteiger partial charge in [-0.3, -0.25) is 0 Å². The van der Waals surface area contributed by atoms with Crippen molar-refractivity contribution in [2.24, 2.45) is 4.99 Å². The van der Waals surface area contributed by atoms with Gasteiger partial charge in [0.25, 0.3) is 0 Å². The second kappa shape index (κ2) is 9.25. The number of hydrogen-bond donors (Lipinski definition) is 0. The fourth-order valence-electron chi connectivity index (χ4n) is 2.37. The molecular weight excluding hydrogens is 370 g/mol. The second-order valence-corrected chi connectivity index (χ2v) is 6.98. The van der Waals surface area contributed by atoms with E-state index in [4.69, 9.17) is 21.1 Å². The van der Waals surface area contributed by atoms with Crippen molar-refractivity contribution in [3.8, 4) is 11.5 Å². The maximum atomic E-state index is 6.02. The molecule has 0 amide bonds. The van der Waals surface area contributed by atoms with Gasteiger partial charge < -0.3 is 9.47 Å². The number of nitrogens with zero attached hydrogens (tertiary/aromatic N) is 1. The topological polar surface area (TPSA) is 30.8 Å². The molecule has 0 unspecified atom stereocenters. The summed E-state index contributed by atoms with van der Waals surface area (Å²) in [4.78, 5) is 4.66. The summed E-state index contributed by atoms with van der Waals surface area (Å²) in [6.45, 7) is 5.98. The van der Waals surface area contributed by atoms with Crippen molar-refractivity contribution in [3.05, 3.63) is 101 Å². The van der Waals surface area contributed by atoms with Crippen LogP contribution in [0.25, 0.3) is 0 Å². The molecule has 0 aliphatic rings. The first-order chi connectivity index (χ1) is 13.5. The standard InChI is InChI=1S/C24H22ClNO2/c1-17-4-10-21(11-5-17)26-24(28-23-14-8-20(25)9-15-23)19(3)16-27-22-12-6-18(2)7-13-22/h4-16H,1-3H3/b19-16+,26-24?. The predicted molar refractivity (Wildman–Crippen MR) is 116 cm³/mol. The minimum atomic E-state index is 0.457. The van der Waals surface area contributed by atoms with Gasteiger partial charge in [-0.2, -0.15) is 0 Å². The highest BCUT2D eigenvalue weighted by atomic mass is 35.5. The Bertz CT molecular complexity index is 973. The monoisotopic (exact) mass is 391 g/mol. The van der Waals surface area contributed by atoms with E-state index >= 15 is 0 Å². The Balaban J connectivity index is 1.87. The molecule has 0 N–H and O–H groups in total. The largest absolute Gasteiger partial charge is 0.465 e. The van der Waals surface area contributed by atoms with E-state index in [2.05, 4.69) is 4.99 Å². The zero-order valence-corrected chi connectivity index (χ0v) is 16.9. The summed E-state index contributed by atoms with van der Waals surface area (Å²) >= 11 is 5.97. The third-order valence-electron chi connectivity index (χ3n) is 4.02. The lowest BCUT2D eigenvalue weighted by atomic mass is 10.2. The number of aryl methyl sites for hydroxylation is 2. The maximum absolute atomic E-state index is 6.02. The molecule has 0 bridgehead atoms. The van der Waals surface area contributed by atoms with Crippen molar-refractivity contribution in [1.29, 1.82) is 0 Å². The lowest BCUT2D eigenvalue weighted by Crippen LogP contribution is -2.10. The number of rotatable bonds is 5. The molecule has 0 aromatic heterocycles. The van der Waals surface area contributed by atoms with Crippen LogP contribution in [0, 0.1) is 13.8 Å². The molecule has 0 atom stereocenters. The van der Waals surface area contributed by atoms with Crippen LogP contribution in [0.1, 0.15) is 18.1 Å². The van der Waals surface area contributed by atoms with Crippen LogP contribution < -0.4 is 9.47 Å². The molecule has 3 rings (SSSR count). The molecule has 0 spiro atoms. The predicted octanol–water partition coefficient (Wildman–Crippen LogP) is 7.05. The van der Waals surface area contributed by atoms with Gasteiger partial charge in [-0.05, 0) is 69.3 Å². The SMILES string of the molecule is C/C(=C\Oc1ccc(C)cc1)C(=Nc1ccc(C)cc1)Oc1ccc(Cl)cc1. The van der Waals surface area contributed by atoms with Crippen molar-refractivity contribution in [1.82, 2.24) is 0 Å². The Kier molecular flexibility index (Phi) is 6.51. The lowest BCUT2D eigenvalue weighted by Gasteiger charge is -2.10. The third kappa shape index (κ3) is 5.73. The average molecular weight is 392 g/mol. The Morgan fingerprint density at radius 2 is 1.32 bits per heavy atom. The summed E-state index contributed by atoms with van der Waals surface area (Å²) in [6.07, 6.45) is 1.65. The Labute approximate surface area is 170 Å². The van der Waals surface area contributed by atoms with Gasteiger partial charge in [-0.1, -0.05) is 47.0 Å². The smallest absolute Gasteiger partial charge is 0.225 e. The highest BCUT2D eigenvalue weighted by Crippen LogP contribution is 2.21. The first-order valence-electron chi connectivity index (χ1n) is 8.99. The van der Waals surface area contributed by atoms with Crippen molar-refractivity contribution >= 4 is 23.2 Å². The van der Waals surface area contributed by atoms with Gasteiger partial charge >= 0.3 is 0 Å². The van der Waals surface area contributed by atoms with E-state index in [1.54, 1.807) is 30.5 Å². The normalized spacial score (nSPS) is 12.0. The first-order valence-corrected chi connectivity index (χ1v) is 9.37. The van der Waals surface area contributed by atoms with E-state index in [0.29, 0.717) is 16.7 Å². The van der Waals surface area contributed by atoms with Crippen LogP contribution in [-0.2, 0) is 0 Å². The molecule has 28 heavy (non-hydrogen) atoms. The highest BCUT2D eigenvalue weighted by Gasteiger charge is 2.08. The molecule has 0 aliphatic carbocycles. The number of halogens is 1.